The Morgan fingerprint density at radius 3 is 2.50 bits per heavy atom. The lowest BCUT2D eigenvalue weighted by Crippen LogP contribution is -2.61. The van der Waals surface area contributed by atoms with Gasteiger partial charge in [-0.2, -0.15) is 0 Å². The Morgan fingerprint density at radius 2 is 1.78 bits per heavy atom. The van der Waals surface area contributed by atoms with Gasteiger partial charge in [-0.1, -0.05) is 11.6 Å². The third kappa shape index (κ3) is 1.97. The van der Waals surface area contributed by atoms with E-state index in [1.54, 1.807) is 0 Å². The number of nitrogens with zero attached hydrogens (tertiary/aromatic N) is 2. The zero-order valence-electron chi connectivity index (χ0n) is 11.6. The van der Waals surface area contributed by atoms with Gasteiger partial charge < -0.3 is 9.69 Å². The van der Waals surface area contributed by atoms with Gasteiger partial charge in [-0.05, 0) is 38.5 Å². The molecule has 1 aliphatic heterocycles. The van der Waals surface area contributed by atoms with Gasteiger partial charge in [0.05, 0.1) is 37.8 Å². The van der Waals surface area contributed by atoms with Crippen LogP contribution in [0.5, 0.6) is 0 Å². The summed E-state index contributed by atoms with van der Waals surface area (Å²) in [5.74, 6) is 1.17. The first-order valence-electron chi connectivity index (χ1n) is 7.81. The predicted octanol–water partition coefficient (Wildman–Crippen LogP) is 3.03. The van der Waals surface area contributed by atoms with E-state index in [1.165, 1.54) is 68.9 Å². The van der Waals surface area contributed by atoms with Crippen LogP contribution >= 0.6 is 0 Å². The Morgan fingerprint density at radius 1 is 1.00 bits per heavy atom. The lowest BCUT2D eigenvalue weighted by Gasteiger charge is -2.51. The first-order valence-corrected chi connectivity index (χ1v) is 7.81. The van der Waals surface area contributed by atoms with E-state index < -0.39 is 0 Å². The summed E-state index contributed by atoms with van der Waals surface area (Å²) in [6, 6.07) is 0.729. The fourth-order valence-corrected chi connectivity index (χ4v) is 4.91. The number of piperidine rings is 1. The second-order valence-corrected chi connectivity index (χ2v) is 6.89. The molecule has 3 heteroatoms. The number of oxime groups is 1. The van der Waals surface area contributed by atoms with Crippen LogP contribution in [-0.2, 0) is 0 Å². The molecule has 1 N–H and O–H groups in total. The molecule has 18 heavy (non-hydrogen) atoms. The van der Waals surface area contributed by atoms with E-state index in [1.807, 2.05) is 0 Å². The Hall–Kier alpha value is -0.570. The average molecular weight is 251 g/mol. The molecule has 3 fully saturated rings. The van der Waals surface area contributed by atoms with E-state index in [4.69, 9.17) is 0 Å². The first-order chi connectivity index (χ1) is 8.74. The lowest BCUT2D eigenvalue weighted by atomic mass is 9.67. The van der Waals surface area contributed by atoms with E-state index >= 15 is 0 Å². The quantitative estimate of drug-likeness (QED) is 0.434. The Kier molecular flexibility index (Phi) is 3.35. The summed E-state index contributed by atoms with van der Waals surface area (Å²) in [5, 5.41) is 13.1. The van der Waals surface area contributed by atoms with Gasteiger partial charge in [0.15, 0.2) is 0 Å². The second-order valence-electron chi connectivity index (χ2n) is 6.89. The molecular weight excluding hydrogens is 224 g/mol. The van der Waals surface area contributed by atoms with Gasteiger partial charge in [0, 0.05) is 12.3 Å². The summed E-state index contributed by atoms with van der Waals surface area (Å²) in [6.07, 6.45) is 10.6. The maximum absolute atomic E-state index is 9.38. The van der Waals surface area contributed by atoms with Crippen LogP contribution in [0.3, 0.4) is 0 Å². The third-order valence-electron chi connectivity index (χ3n) is 5.90. The van der Waals surface area contributed by atoms with E-state index in [-0.39, 0.29) is 0 Å². The van der Waals surface area contributed by atoms with Gasteiger partial charge in [0.25, 0.3) is 0 Å². The Labute approximate surface area is 110 Å². The molecule has 3 rings (SSSR count). The van der Waals surface area contributed by atoms with Crippen LogP contribution in [0.4, 0.5) is 0 Å². The molecule has 0 aromatic heterocycles. The standard InChI is InChI=1S/C15H26N2O/c1-17(10-3-2-4-11-17)14-9-8-12-6-5-7-13(14)15(12)16-18/h12-14H,2-11H2,1H3/p+1/b16-15+/t12-,13-,14+/m0/s1. The highest BCUT2D eigenvalue weighted by atomic mass is 16.4. The van der Waals surface area contributed by atoms with Crippen molar-refractivity contribution in [3.63, 3.8) is 0 Å². The van der Waals surface area contributed by atoms with Crippen LogP contribution in [0.15, 0.2) is 5.16 Å². The van der Waals surface area contributed by atoms with Crippen LogP contribution in [0.1, 0.15) is 51.4 Å². The fraction of sp³-hybridized carbons (Fsp3) is 0.933. The molecule has 0 aromatic rings. The molecule has 0 amide bonds. The number of likely N-dealkylation sites (tertiary alicyclic amines) is 1. The minimum atomic E-state index is 0.575. The molecule has 0 aromatic carbocycles. The zero-order valence-corrected chi connectivity index (χ0v) is 11.6. The highest BCUT2D eigenvalue weighted by molar-refractivity contribution is 5.90. The monoisotopic (exact) mass is 251 g/mol. The largest absolute Gasteiger partial charge is 0.411 e. The van der Waals surface area contributed by atoms with Gasteiger partial charge in [-0.3, -0.25) is 0 Å². The van der Waals surface area contributed by atoms with Crippen LogP contribution in [-0.4, -0.2) is 41.6 Å². The normalized spacial score (nSPS) is 41.8. The van der Waals surface area contributed by atoms with Crippen molar-refractivity contribution in [2.24, 2.45) is 17.0 Å². The third-order valence-corrected chi connectivity index (χ3v) is 5.90. The molecule has 2 bridgehead atoms. The number of quaternary nitrogens is 1. The molecule has 3 nitrogen and oxygen atoms in total. The van der Waals surface area contributed by atoms with Crippen molar-refractivity contribution in [1.82, 2.24) is 0 Å². The highest BCUT2D eigenvalue weighted by Crippen LogP contribution is 2.42. The molecule has 3 atom stereocenters. The predicted molar refractivity (Wildman–Crippen MR) is 72.8 cm³/mol. The summed E-state index contributed by atoms with van der Waals surface area (Å²) in [7, 11) is 2.45. The first kappa shape index (κ1) is 12.5. The summed E-state index contributed by atoms with van der Waals surface area (Å²) in [6.45, 7) is 2.68. The Bertz CT molecular complexity index is 333. The summed E-state index contributed by atoms with van der Waals surface area (Å²) >= 11 is 0. The van der Waals surface area contributed by atoms with Crippen molar-refractivity contribution in [1.29, 1.82) is 0 Å². The van der Waals surface area contributed by atoms with Gasteiger partial charge in [-0.15, -0.1) is 0 Å². The van der Waals surface area contributed by atoms with E-state index in [0.717, 1.165) is 11.8 Å². The molecule has 2 saturated carbocycles. The molecule has 0 unspecified atom stereocenters. The topological polar surface area (TPSA) is 32.6 Å². The van der Waals surface area contributed by atoms with E-state index in [0.29, 0.717) is 11.8 Å². The number of hydrogen-bond acceptors (Lipinski definition) is 2. The maximum Gasteiger partial charge on any atom is 0.0971 e. The van der Waals surface area contributed by atoms with Crippen molar-refractivity contribution >= 4 is 5.71 Å². The molecule has 3 aliphatic rings. The number of fused-ring (bicyclic) bond motifs is 2. The van der Waals surface area contributed by atoms with Crippen LogP contribution in [0, 0.1) is 11.8 Å². The van der Waals surface area contributed by atoms with Crippen molar-refractivity contribution in [3.05, 3.63) is 0 Å². The smallest absolute Gasteiger partial charge is 0.0971 e. The SMILES string of the molecule is C[N+]1([C@@H]2CC[C@@H]3CCC[C@@H]2/C3=N/O)CCCCC1. The van der Waals surface area contributed by atoms with Crippen molar-refractivity contribution in [2.45, 2.75) is 57.4 Å². The zero-order chi connectivity index (χ0) is 12.6. The van der Waals surface area contributed by atoms with Crippen LogP contribution in [0.2, 0.25) is 0 Å². The van der Waals surface area contributed by atoms with Crippen LogP contribution < -0.4 is 0 Å². The Balaban J connectivity index is 1.83. The molecule has 2 aliphatic carbocycles. The van der Waals surface area contributed by atoms with Gasteiger partial charge in [0.1, 0.15) is 0 Å². The summed E-state index contributed by atoms with van der Waals surface area (Å²) < 4.78 is 1.25. The van der Waals surface area contributed by atoms with E-state index in [9.17, 15) is 5.21 Å². The highest BCUT2D eigenvalue weighted by Gasteiger charge is 2.48. The molecule has 0 radical (unpaired) electrons. The number of hydrogen-bond donors (Lipinski definition) is 1. The minimum Gasteiger partial charge on any atom is -0.411 e. The second kappa shape index (κ2) is 4.84. The van der Waals surface area contributed by atoms with Crippen molar-refractivity contribution < 1.29 is 9.69 Å². The molecule has 1 heterocycles. The summed E-state index contributed by atoms with van der Waals surface area (Å²) in [5.41, 5.74) is 1.16. The maximum atomic E-state index is 9.38. The number of rotatable bonds is 1. The molecule has 102 valence electrons. The van der Waals surface area contributed by atoms with E-state index in [2.05, 4.69) is 12.2 Å². The van der Waals surface area contributed by atoms with Crippen LogP contribution in [0.25, 0.3) is 0 Å². The lowest BCUT2D eigenvalue weighted by molar-refractivity contribution is -0.941. The molecular formula is C15H27N2O+. The van der Waals surface area contributed by atoms with Gasteiger partial charge in [-0.25, -0.2) is 0 Å². The van der Waals surface area contributed by atoms with Crippen molar-refractivity contribution in [3.8, 4) is 0 Å². The summed E-state index contributed by atoms with van der Waals surface area (Å²) in [4.78, 5) is 0. The molecule has 1 saturated heterocycles. The fourth-order valence-electron chi connectivity index (χ4n) is 4.91. The minimum absolute atomic E-state index is 0.575. The van der Waals surface area contributed by atoms with Gasteiger partial charge in [0.2, 0.25) is 0 Å². The van der Waals surface area contributed by atoms with Gasteiger partial charge >= 0.3 is 0 Å². The molecule has 0 spiro atoms. The van der Waals surface area contributed by atoms with Crippen molar-refractivity contribution in [2.75, 3.05) is 20.1 Å². The average Bonchev–Trinajstić information content (AvgIpc) is 2.38.